The van der Waals surface area contributed by atoms with E-state index < -0.39 is 0 Å². The Labute approximate surface area is 116 Å². The predicted molar refractivity (Wildman–Crippen MR) is 78.7 cm³/mol. The van der Waals surface area contributed by atoms with E-state index in [0.717, 1.165) is 40.3 Å². The molecular formula is C13H14ClN3S. The molecule has 2 heterocycles. The van der Waals surface area contributed by atoms with Crippen molar-refractivity contribution in [3.8, 4) is 0 Å². The summed E-state index contributed by atoms with van der Waals surface area (Å²) >= 11 is 7.66. The van der Waals surface area contributed by atoms with Crippen molar-refractivity contribution >= 4 is 34.2 Å². The van der Waals surface area contributed by atoms with Crippen molar-refractivity contribution in [2.45, 2.75) is 12.8 Å². The Morgan fingerprint density at radius 3 is 2.39 bits per heavy atom. The summed E-state index contributed by atoms with van der Waals surface area (Å²) in [4.78, 5) is 2.33. The molecule has 2 aliphatic rings. The number of amidine groups is 1. The normalized spacial score (nSPS) is 19.7. The van der Waals surface area contributed by atoms with E-state index in [0.29, 0.717) is 0 Å². The topological polar surface area (TPSA) is 28.0 Å². The Morgan fingerprint density at radius 2 is 1.78 bits per heavy atom. The third kappa shape index (κ3) is 2.54. The minimum Gasteiger partial charge on any atom is -0.350 e. The lowest BCUT2D eigenvalue weighted by atomic mass is 10.1. The number of likely N-dealkylation sites (tertiary alicyclic amines) is 1. The summed E-state index contributed by atoms with van der Waals surface area (Å²) < 4.78 is 0. The van der Waals surface area contributed by atoms with Gasteiger partial charge in [-0.3, -0.25) is 0 Å². The Balaban J connectivity index is 1.77. The average Bonchev–Trinajstić information content (AvgIpc) is 2.94. The fourth-order valence-corrected chi connectivity index (χ4v) is 3.22. The van der Waals surface area contributed by atoms with E-state index in [4.69, 9.17) is 11.6 Å². The van der Waals surface area contributed by atoms with E-state index in [1.54, 1.807) is 11.8 Å². The van der Waals surface area contributed by atoms with Gasteiger partial charge in [0.2, 0.25) is 0 Å². The molecule has 0 saturated carbocycles. The van der Waals surface area contributed by atoms with E-state index in [-0.39, 0.29) is 0 Å². The Kier molecular flexibility index (Phi) is 3.57. The molecule has 0 amide bonds. The number of halogens is 1. The van der Waals surface area contributed by atoms with Crippen molar-refractivity contribution in [1.29, 1.82) is 0 Å². The Bertz CT molecular complexity index is 489. The zero-order valence-electron chi connectivity index (χ0n) is 9.97. The lowest BCUT2D eigenvalue weighted by Crippen LogP contribution is -2.27. The van der Waals surface area contributed by atoms with Gasteiger partial charge in [0.15, 0.2) is 5.17 Å². The molecule has 0 bridgehead atoms. The van der Waals surface area contributed by atoms with Gasteiger partial charge in [0.1, 0.15) is 0 Å². The highest BCUT2D eigenvalue weighted by atomic mass is 35.5. The second-order valence-electron chi connectivity index (χ2n) is 4.42. The lowest BCUT2D eigenvalue weighted by Gasteiger charge is -2.20. The smallest absolute Gasteiger partial charge is 0.186 e. The first kappa shape index (κ1) is 12.1. The molecule has 1 aromatic carbocycles. The highest BCUT2D eigenvalue weighted by Gasteiger charge is 2.20. The van der Waals surface area contributed by atoms with Crippen molar-refractivity contribution in [3.05, 3.63) is 34.9 Å². The minimum atomic E-state index is 0.754. The third-order valence-corrected chi connectivity index (χ3v) is 4.42. The lowest BCUT2D eigenvalue weighted by molar-refractivity contribution is 0.528. The van der Waals surface area contributed by atoms with Crippen molar-refractivity contribution in [1.82, 2.24) is 4.90 Å². The summed E-state index contributed by atoms with van der Waals surface area (Å²) in [6, 6.07) is 7.78. The SMILES string of the molecule is Clc1ccc(C2=NN=C(N3CCCC3)SC2)cc1. The summed E-state index contributed by atoms with van der Waals surface area (Å²) in [6.07, 6.45) is 2.54. The molecule has 0 atom stereocenters. The van der Waals surface area contributed by atoms with Gasteiger partial charge in [0, 0.05) is 23.9 Å². The molecule has 3 rings (SSSR count). The van der Waals surface area contributed by atoms with Crippen LogP contribution in [-0.2, 0) is 0 Å². The monoisotopic (exact) mass is 279 g/mol. The number of nitrogens with zero attached hydrogens (tertiary/aromatic N) is 3. The maximum atomic E-state index is 5.88. The van der Waals surface area contributed by atoms with E-state index in [9.17, 15) is 0 Å². The first-order valence-electron chi connectivity index (χ1n) is 6.11. The molecule has 1 fully saturated rings. The second kappa shape index (κ2) is 5.33. The summed E-state index contributed by atoms with van der Waals surface area (Å²) in [7, 11) is 0. The van der Waals surface area contributed by atoms with Crippen LogP contribution in [0.5, 0.6) is 0 Å². The number of thioether (sulfide) groups is 1. The van der Waals surface area contributed by atoms with E-state index >= 15 is 0 Å². The summed E-state index contributed by atoms with van der Waals surface area (Å²) in [5.74, 6) is 0.886. The van der Waals surface area contributed by atoms with Crippen molar-refractivity contribution < 1.29 is 0 Å². The molecule has 0 spiro atoms. The first-order valence-corrected chi connectivity index (χ1v) is 7.47. The molecule has 0 aromatic heterocycles. The van der Waals surface area contributed by atoms with Crippen LogP contribution < -0.4 is 0 Å². The van der Waals surface area contributed by atoms with Gasteiger partial charge in [0.05, 0.1) is 5.71 Å². The standard InChI is InChI=1S/C13H14ClN3S/c14-11-5-3-10(4-6-11)12-9-18-13(16-15-12)17-7-1-2-8-17/h3-6H,1-2,7-9H2. The van der Waals surface area contributed by atoms with Crippen molar-refractivity contribution in [3.63, 3.8) is 0 Å². The van der Waals surface area contributed by atoms with Gasteiger partial charge in [-0.2, -0.15) is 5.10 Å². The molecule has 5 heteroatoms. The van der Waals surface area contributed by atoms with Crippen LogP contribution >= 0.6 is 23.4 Å². The largest absolute Gasteiger partial charge is 0.350 e. The molecular weight excluding hydrogens is 266 g/mol. The molecule has 3 nitrogen and oxygen atoms in total. The second-order valence-corrected chi connectivity index (χ2v) is 5.80. The Hall–Kier alpha value is -1.00. The summed E-state index contributed by atoms with van der Waals surface area (Å²) in [5.41, 5.74) is 2.13. The Morgan fingerprint density at radius 1 is 1.06 bits per heavy atom. The molecule has 18 heavy (non-hydrogen) atoms. The van der Waals surface area contributed by atoms with Crippen LogP contribution in [0.15, 0.2) is 34.5 Å². The summed E-state index contributed by atoms with van der Waals surface area (Å²) in [6.45, 7) is 2.25. The minimum absolute atomic E-state index is 0.754. The number of rotatable bonds is 1. The van der Waals surface area contributed by atoms with Crippen LogP contribution in [0.25, 0.3) is 0 Å². The molecule has 1 saturated heterocycles. The highest BCUT2D eigenvalue weighted by molar-refractivity contribution is 8.14. The zero-order valence-corrected chi connectivity index (χ0v) is 11.5. The maximum Gasteiger partial charge on any atom is 0.186 e. The maximum absolute atomic E-state index is 5.88. The molecule has 2 aliphatic heterocycles. The van der Waals surface area contributed by atoms with Crippen LogP contribution in [-0.4, -0.2) is 34.6 Å². The average molecular weight is 280 g/mol. The first-order chi connectivity index (χ1) is 8.83. The molecule has 0 unspecified atom stereocenters. The number of benzene rings is 1. The molecule has 0 N–H and O–H groups in total. The zero-order chi connectivity index (χ0) is 12.4. The number of hydrogen-bond donors (Lipinski definition) is 0. The highest BCUT2D eigenvalue weighted by Crippen LogP contribution is 2.22. The van der Waals surface area contributed by atoms with E-state index in [2.05, 4.69) is 15.1 Å². The predicted octanol–water partition coefficient (Wildman–Crippen LogP) is 3.24. The number of hydrogen-bond acceptors (Lipinski definition) is 4. The van der Waals surface area contributed by atoms with Crippen LogP contribution in [0.3, 0.4) is 0 Å². The van der Waals surface area contributed by atoms with Crippen LogP contribution in [0.4, 0.5) is 0 Å². The quantitative estimate of drug-likeness (QED) is 0.789. The van der Waals surface area contributed by atoms with Gasteiger partial charge >= 0.3 is 0 Å². The molecule has 94 valence electrons. The van der Waals surface area contributed by atoms with E-state index in [1.807, 2.05) is 24.3 Å². The van der Waals surface area contributed by atoms with Gasteiger partial charge in [-0.25, -0.2) is 0 Å². The fraction of sp³-hybridized carbons (Fsp3) is 0.385. The summed E-state index contributed by atoms with van der Waals surface area (Å²) in [5, 5.41) is 10.5. The molecule has 0 aliphatic carbocycles. The van der Waals surface area contributed by atoms with Gasteiger partial charge in [-0.1, -0.05) is 35.5 Å². The van der Waals surface area contributed by atoms with Crippen molar-refractivity contribution in [2.24, 2.45) is 10.2 Å². The van der Waals surface area contributed by atoms with Crippen molar-refractivity contribution in [2.75, 3.05) is 18.8 Å². The van der Waals surface area contributed by atoms with Crippen LogP contribution in [0, 0.1) is 0 Å². The molecule has 1 aromatic rings. The van der Waals surface area contributed by atoms with Crippen LogP contribution in [0.2, 0.25) is 5.02 Å². The third-order valence-electron chi connectivity index (χ3n) is 3.15. The van der Waals surface area contributed by atoms with Gasteiger partial charge in [-0.15, -0.1) is 5.10 Å². The van der Waals surface area contributed by atoms with Gasteiger partial charge in [0.25, 0.3) is 0 Å². The fourth-order valence-electron chi connectivity index (χ4n) is 2.14. The van der Waals surface area contributed by atoms with E-state index in [1.165, 1.54) is 12.8 Å². The van der Waals surface area contributed by atoms with Crippen LogP contribution in [0.1, 0.15) is 18.4 Å². The van der Waals surface area contributed by atoms with Gasteiger partial charge < -0.3 is 4.90 Å². The molecule has 0 radical (unpaired) electrons. The van der Waals surface area contributed by atoms with Gasteiger partial charge in [-0.05, 0) is 30.5 Å².